The number of alkyl halides is 3. The number of rotatable bonds is 6. The number of pyridine rings is 2. The van der Waals surface area contributed by atoms with E-state index in [2.05, 4.69) is 20.5 Å². The monoisotopic (exact) mass is 796 g/mol. The third-order valence-electron chi connectivity index (χ3n) is 11.3. The number of carbonyl (C=O) groups excluding carboxylic acids is 3. The third kappa shape index (κ3) is 7.03. The lowest BCUT2D eigenvalue weighted by atomic mass is 9.73. The summed E-state index contributed by atoms with van der Waals surface area (Å²) in [6, 6.07) is 16.1. The fourth-order valence-corrected chi connectivity index (χ4v) is 9.43. The number of hydrogen-bond acceptors (Lipinski definition) is 8. The molecule has 4 aliphatic rings. The molecule has 3 amide bonds. The van der Waals surface area contributed by atoms with Crippen LogP contribution in [0.4, 0.5) is 40.6 Å². The number of nitrogens with one attached hydrogen (secondary N) is 2. The average Bonchev–Trinajstić information content (AvgIpc) is 3.81. The van der Waals surface area contributed by atoms with Crippen molar-refractivity contribution in [2.24, 2.45) is 5.41 Å². The summed E-state index contributed by atoms with van der Waals surface area (Å²) in [6.45, 7) is 3.32. The zero-order valence-corrected chi connectivity index (χ0v) is 31.4. The summed E-state index contributed by atoms with van der Waals surface area (Å²) in [5.74, 6) is -1.92. The van der Waals surface area contributed by atoms with Crippen LogP contribution >= 0.6 is 11.3 Å². The highest BCUT2D eigenvalue weighted by molar-refractivity contribution is 7.17. The summed E-state index contributed by atoms with van der Waals surface area (Å²) in [4.78, 5) is 54.2. The van der Waals surface area contributed by atoms with Crippen molar-refractivity contribution >= 4 is 52.1 Å². The van der Waals surface area contributed by atoms with Crippen molar-refractivity contribution in [3.05, 3.63) is 117 Å². The van der Waals surface area contributed by atoms with Gasteiger partial charge in [-0.1, -0.05) is 0 Å². The topological polar surface area (TPSA) is 117 Å². The number of thiophene rings is 1. The predicted octanol–water partition coefficient (Wildman–Crippen LogP) is 8.18. The summed E-state index contributed by atoms with van der Waals surface area (Å²) in [5.41, 5.74) is 4.09. The molecule has 15 heteroatoms. The molecular formula is C42H36F4N6O4S. The van der Waals surface area contributed by atoms with Crippen molar-refractivity contribution < 1.29 is 36.7 Å². The van der Waals surface area contributed by atoms with Crippen molar-refractivity contribution in [3.63, 3.8) is 0 Å². The maximum atomic E-state index is 14.8. The van der Waals surface area contributed by atoms with Crippen LogP contribution < -0.4 is 20.4 Å². The molecule has 2 fully saturated rings. The second kappa shape index (κ2) is 14.4. The SMILES string of the molecule is O=C(Nc1ncccc1C(F)(F)F)c1cc2c(s1)-c1ccc(F)cc1N(C(=O)c1ccc(NC(=O)c3cc4c(nc3N3CC5(CCOCC5)C3)CCC4)cc1)CC2. The Balaban J connectivity index is 0.926. The molecule has 6 heterocycles. The van der Waals surface area contributed by atoms with Crippen molar-refractivity contribution in [3.8, 4) is 10.4 Å². The fraction of sp³-hybridized carbons (Fsp3) is 0.310. The lowest BCUT2D eigenvalue weighted by molar-refractivity contribution is -0.137. The zero-order valence-electron chi connectivity index (χ0n) is 30.5. The molecule has 3 aromatic heterocycles. The van der Waals surface area contributed by atoms with Crippen LogP contribution in [0.25, 0.3) is 10.4 Å². The molecule has 3 aliphatic heterocycles. The van der Waals surface area contributed by atoms with Gasteiger partial charge in [-0.15, -0.1) is 11.3 Å². The highest BCUT2D eigenvalue weighted by Crippen LogP contribution is 2.45. The van der Waals surface area contributed by atoms with Gasteiger partial charge in [-0.2, -0.15) is 13.2 Å². The van der Waals surface area contributed by atoms with Crippen molar-refractivity contribution in [1.82, 2.24) is 9.97 Å². The molecule has 1 aliphatic carbocycles. The van der Waals surface area contributed by atoms with E-state index in [0.717, 1.165) is 99.3 Å². The summed E-state index contributed by atoms with van der Waals surface area (Å²) in [7, 11) is 0. The van der Waals surface area contributed by atoms with E-state index in [0.29, 0.717) is 44.3 Å². The minimum absolute atomic E-state index is 0.135. The second-order valence-corrected chi connectivity index (χ2v) is 16.1. The van der Waals surface area contributed by atoms with Crippen LogP contribution in [-0.2, 0) is 30.2 Å². The van der Waals surface area contributed by atoms with Crippen LogP contribution in [0, 0.1) is 11.2 Å². The number of nitrogens with zero attached hydrogens (tertiary/aromatic N) is 4. The first-order chi connectivity index (χ1) is 27.4. The molecule has 0 atom stereocenters. The molecule has 0 radical (unpaired) electrons. The summed E-state index contributed by atoms with van der Waals surface area (Å²) in [6.07, 6.45) is 1.51. The van der Waals surface area contributed by atoms with Gasteiger partial charge in [0.05, 0.1) is 21.7 Å². The summed E-state index contributed by atoms with van der Waals surface area (Å²) < 4.78 is 61.0. The molecule has 9 rings (SSSR count). The van der Waals surface area contributed by atoms with E-state index < -0.39 is 35.2 Å². The summed E-state index contributed by atoms with van der Waals surface area (Å²) in [5, 5.41) is 5.28. The van der Waals surface area contributed by atoms with Crippen molar-refractivity contribution in [2.75, 3.05) is 53.3 Å². The number of ether oxygens (including phenoxy) is 1. The number of amides is 3. The van der Waals surface area contributed by atoms with Crippen molar-refractivity contribution in [1.29, 1.82) is 0 Å². The van der Waals surface area contributed by atoms with Gasteiger partial charge in [0.2, 0.25) is 0 Å². The highest BCUT2D eigenvalue weighted by atomic mass is 32.1. The largest absolute Gasteiger partial charge is 0.419 e. The van der Waals surface area contributed by atoms with E-state index in [1.54, 1.807) is 30.3 Å². The molecule has 10 nitrogen and oxygen atoms in total. The first-order valence-electron chi connectivity index (χ1n) is 18.8. The number of hydrogen-bond donors (Lipinski definition) is 2. The second-order valence-electron chi connectivity index (χ2n) is 15.0. The molecule has 2 N–H and O–H groups in total. The number of aryl methyl sites for hydroxylation is 2. The Labute approximate surface area is 328 Å². The Bertz CT molecular complexity index is 2420. The number of halogens is 4. The predicted molar refractivity (Wildman–Crippen MR) is 208 cm³/mol. The Hall–Kier alpha value is -5.67. The molecule has 1 spiro atoms. The van der Waals surface area contributed by atoms with Gasteiger partial charge in [0, 0.05) is 71.8 Å². The standard InChI is InChI=1S/C42H36F4N6O4S/c43-27-8-11-29-33(21-27)52(16-12-26-20-34(57-35(26)29)39(54)50-36-31(42(44,45)46)4-2-15-47-36)40(55)24-6-9-28(10-7-24)48-38(53)30-19-25-3-1-5-32(25)49-37(30)51-22-41(23-51)13-17-56-18-14-41/h2,4,6-11,15,19-21H,1,3,5,12-14,16-18,22-23H2,(H,48,53)(H,47,50,54). The molecule has 2 aromatic carbocycles. The number of carbonyl (C=O) groups is 3. The zero-order chi connectivity index (χ0) is 39.5. The van der Waals surface area contributed by atoms with Gasteiger partial charge >= 0.3 is 6.18 Å². The van der Waals surface area contributed by atoms with E-state index in [4.69, 9.17) is 9.72 Å². The van der Waals surface area contributed by atoms with Gasteiger partial charge in [-0.05, 0) is 116 Å². The quantitative estimate of drug-likeness (QED) is 0.167. The maximum Gasteiger partial charge on any atom is 0.419 e. The van der Waals surface area contributed by atoms with Crippen LogP contribution in [-0.4, -0.2) is 60.5 Å². The minimum Gasteiger partial charge on any atom is -0.381 e. The Morgan fingerprint density at radius 2 is 1.67 bits per heavy atom. The first kappa shape index (κ1) is 36.9. The molecule has 0 saturated carbocycles. The molecule has 5 aromatic rings. The molecule has 2 saturated heterocycles. The first-order valence-corrected chi connectivity index (χ1v) is 19.6. The Morgan fingerprint density at radius 1 is 0.877 bits per heavy atom. The maximum absolute atomic E-state index is 14.8. The van der Waals surface area contributed by atoms with Crippen LogP contribution in [0.15, 0.2) is 72.9 Å². The molecule has 0 bridgehead atoms. The van der Waals surface area contributed by atoms with E-state index in [1.807, 2.05) is 6.07 Å². The highest BCUT2D eigenvalue weighted by Gasteiger charge is 2.45. The van der Waals surface area contributed by atoms with Gasteiger partial charge in [0.25, 0.3) is 17.7 Å². The average molecular weight is 797 g/mol. The molecular weight excluding hydrogens is 761 g/mol. The van der Waals surface area contributed by atoms with E-state index in [-0.39, 0.29) is 29.2 Å². The van der Waals surface area contributed by atoms with Crippen LogP contribution in [0.1, 0.15) is 72.0 Å². The van der Waals surface area contributed by atoms with Gasteiger partial charge < -0.3 is 25.2 Å². The van der Waals surface area contributed by atoms with Gasteiger partial charge in [0.1, 0.15) is 17.5 Å². The molecule has 292 valence electrons. The van der Waals surface area contributed by atoms with Crippen LogP contribution in [0.2, 0.25) is 0 Å². The van der Waals surface area contributed by atoms with Gasteiger partial charge in [0.15, 0.2) is 0 Å². The third-order valence-corrected chi connectivity index (χ3v) is 12.5. The smallest absolute Gasteiger partial charge is 0.381 e. The van der Waals surface area contributed by atoms with Crippen molar-refractivity contribution in [2.45, 2.75) is 44.7 Å². The number of anilines is 4. The normalized spacial score (nSPS) is 16.9. The van der Waals surface area contributed by atoms with E-state index in [1.165, 1.54) is 23.1 Å². The summed E-state index contributed by atoms with van der Waals surface area (Å²) >= 11 is 1.04. The lowest BCUT2D eigenvalue weighted by Crippen LogP contribution is -2.59. The molecule has 57 heavy (non-hydrogen) atoms. The van der Waals surface area contributed by atoms with Crippen LogP contribution in [0.5, 0.6) is 0 Å². The number of benzene rings is 2. The number of fused-ring (bicyclic) bond motifs is 4. The Morgan fingerprint density at radius 3 is 2.44 bits per heavy atom. The Kier molecular flexibility index (Phi) is 9.31. The number of aromatic nitrogens is 2. The van der Waals surface area contributed by atoms with Crippen LogP contribution in [0.3, 0.4) is 0 Å². The van der Waals surface area contributed by atoms with E-state index >= 15 is 0 Å². The fourth-order valence-electron chi connectivity index (χ4n) is 8.29. The van der Waals surface area contributed by atoms with Gasteiger partial charge in [-0.3, -0.25) is 14.4 Å². The lowest BCUT2D eigenvalue weighted by Gasteiger charge is -2.53. The van der Waals surface area contributed by atoms with Gasteiger partial charge in [-0.25, -0.2) is 14.4 Å². The molecule has 0 unspecified atom stereocenters. The van der Waals surface area contributed by atoms with E-state index in [9.17, 15) is 31.9 Å². The minimum atomic E-state index is -4.72.